The predicted molar refractivity (Wildman–Crippen MR) is 91.5 cm³/mol. The molecule has 0 aromatic carbocycles. The third kappa shape index (κ3) is 2.98. The average Bonchev–Trinajstić information content (AvgIpc) is 3.04. The van der Waals surface area contributed by atoms with Gasteiger partial charge in [-0.2, -0.15) is 4.98 Å². The molecular weight excluding hydrogens is 280 g/mol. The molecule has 1 fully saturated rings. The molecule has 0 amide bonds. The van der Waals surface area contributed by atoms with Gasteiger partial charge in [0, 0.05) is 24.5 Å². The van der Waals surface area contributed by atoms with Crippen LogP contribution in [-0.2, 0) is 0 Å². The van der Waals surface area contributed by atoms with E-state index in [1.54, 1.807) is 11.3 Å². The van der Waals surface area contributed by atoms with Gasteiger partial charge in [-0.1, -0.05) is 13.3 Å². The highest BCUT2D eigenvalue weighted by Crippen LogP contribution is 2.34. The summed E-state index contributed by atoms with van der Waals surface area (Å²) in [6.07, 6.45) is 3.89. The van der Waals surface area contributed by atoms with Crippen LogP contribution in [0, 0.1) is 12.8 Å². The fourth-order valence-electron chi connectivity index (χ4n) is 3.17. The van der Waals surface area contributed by atoms with E-state index in [0.717, 1.165) is 42.1 Å². The fraction of sp³-hybridized carbons (Fsp3) is 0.625. The summed E-state index contributed by atoms with van der Waals surface area (Å²) in [5, 5.41) is 4.49. The Hall–Kier alpha value is -1.36. The zero-order valence-electron chi connectivity index (χ0n) is 13.1. The third-order valence-corrected chi connectivity index (χ3v) is 5.06. The molecule has 21 heavy (non-hydrogen) atoms. The molecule has 0 bridgehead atoms. The number of hydrogen-bond donors (Lipinski definition) is 1. The van der Waals surface area contributed by atoms with E-state index in [9.17, 15) is 0 Å². The summed E-state index contributed by atoms with van der Waals surface area (Å²) < 4.78 is 0. The van der Waals surface area contributed by atoms with Crippen LogP contribution in [0.4, 0.5) is 11.8 Å². The van der Waals surface area contributed by atoms with Crippen LogP contribution in [0.25, 0.3) is 10.2 Å². The van der Waals surface area contributed by atoms with Crippen LogP contribution in [-0.4, -0.2) is 29.6 Å². The van der Waals surface area contributed by atoms with Crippen LogP contribution in [0.5, 0.6) is 0 Å². The second kappa shape index (κ2) is 6.18. The molecule has 0 aliphatic carbocycles. The topological polar surface area (TPSA) is 41.1 Å². The second-order valence-electron chi connectivity index (χ2n) is 5.87. The zero-order valence-corrected chi connectivity index (χ0v) is 14.0. The summed E-state index contributed by atoms with van der Waals surface area (Å²) in [5.41, 5.74) is 0. The summed E-state index contributed by atoms with van der Waals surface area (Å²) >= 11 is 1.76. The molecule has 3 rings (SSSR count). The lowest BCUT2D eigenvalue weighted by atomic mass is 10.0. The maximum atomic E-state index is 4.79. The molecule has 1 atom stereocenters. The highest BCUT2D eigenvalue weighted by Gasteiger charge is 2.25. The third-order valence-electron chi connectivity index (χ3n) is 4.11. The van der Waals surface area contributed by atoms with Gasteiger partial charge in [0.05, 0.1) is 5.39 Å². The zero-order chi connectivity index (χ0) is 14.8. The molecule has 1 saturated heterocycles. The summed E-state index contributed by atoms with van der Waals surface area (Å²) in [4.78, 5) is 14.3. The molecule has 5 heteroatoms. The Bertz CT molecular complexity index is 622. The molecule has 2 aromatic rings. The molecule has 4 nitrogen and oxygen atoms in total. The first kappa shape index (κ1) is 14.6. The van der Waals surface area contributed by atoms with Crippen molar-refractivity contribution in [3.05, 3.63) is 10.9 Å². The Morgan fingerprint density at radius 3 is 3.00 bits per heavy atom. The van der Waals surface area contributed by atoms with E-state index in [1.165, 1.54) is 29.5 Å². The van der Waals surface area contributed by atoms with Crippen molar-refractivity contribution in [3.63, 3.8) is 0 Å². The van der Waals surface area contributed by atoms with Gasteiger partial charge in [-0.25, -0.2) is 4.98 Å². The Morgan fingerprint density at radius 2 is 2.24 bits per heavy atom. The molecule has 1 aliphatic rings. The lowest BCUT2D eigenvalue weighted by Crippen LogP contribution is -2.21. The van der Waals surface area contributed by atoms with Gasteiger partial charge in [0.1, 0.15) is 10.6 Å². The molecule has 1 unspecified atom stereocenters. The largest absolute Gasteiger partial charge is 0.356 e. The normalized spacial score (nSPS) is 18.6. The summed E-state index contributed by atoms with van der Waals surface area (Å²) in [7, 11) is 0. The molecule has 0 spiro atoms. The molecule has 1 aliphatic heterocycles. The van der Waals surface area contributed by atoms with E-state index in [-0.39, 0.29) is 0 Å². The second-order valence-corrected chi connectivity index (χ2v) is 7.10. The predicted octanol–water partition coefficient (Wildman–Crippen LogP) is 4.06. The molecule has 0 saturated carbocycles. The number of thiophene rings is 1. The Balaban J connectivity index is 1.96. The maximum absolute atomic E-state index is 4.79. The van der Waals surface area contributed by atoms with Crippen molar-refractivity contribution in [3.8, 4) is 0 Å². The smallest absolute Gasteiger partial charge is 0.226 e. The van der Waals surface area contributed by atoms with Gasteiger partial charge >= 0.3 is 0 Å². The lowest BCUT2D eigenvalue weighted by Gasteiger charge is -2.19. The van der Waals surface area contributed by atoms with Gasteiger partial charge < -0.3 is 10.2 Å². The Labute approximate surface area is 130 Å². The van der Waals surface area contributed by atoms with Crippen LogP contribution < -0.4 is 10.2 Å². The molecule has 3 heterocycles. The van der Waals surface area contributed by atoms with Gasteiger partial charge in [-0.05, 0) is 38.7 Å². The van der Waals surface area contributed by atoms with Gasteiger partial charge in [-0.15, -0.1) is 11.3 Å². The Kier molecular flexibility index (Phi) is 4.29. The quantitative estimate of drug-likeness (QED) is 0.904. The number of nitrogens with one attached hydrogen (secondary N) is 1. The van der Waals surface area contributed by atoms with Crippen molar-refractivity contribution in [1.29, 1.82) is 0 Å². The fourth-order valence-corrected chi connectivity index (χ4v) is 4.05. The van der Waals surface area contributed by atoms with Crippen LogP contribution in [0.1, 0.15) is 38.0 Å². The summed E-state index contributed by atoms with van der Waals surface area (Å²) in [6.45, 7) is 9.62. The first-order valence-electron chi connectivity index (χ1n) is 7.98. The molecular formula is C16H24N4S. The van der Waals surface area contributed by atoms with Crippen molar-refractivity contribution in [2.24, 2.45) is 5.92 Å². The van der Waals surface area contributed by atoms with Crippen molar-refractivity contribution in [1.82, 2.24) is 9.97 Å². The number of hydrogen-bond acceptors (Lipinski definition) is 5. The van der Waals surface area contributed by atoms with Crippen molar-refractivity contribution >= 4 is 33.3 Å². The first-order valence-corrected chi connectivity index (χ1v) is 8.80. The van der Waals surface area contributed by atoms with Crippen molar-refractivity contribution < 1.29 is 0 Å². The molecule has 114 valence electrons. The maximum Gasteiger partial charge on any atom is 0.226 e. The van der Waals surface area contributed by atoms with Gasteiger partial charge in [0.2, 0.25) is 5.95 Å². The number of anilines is 2. The molecule has 1 N–H and O–H groups in total. The molecule has 0 radical (unpaired) electrons. The number of aromatic nitrogens is 2. The van der Waals surface area contributed by atoms with E-state index in [4.69, 9.17) is 4.98 Å². The van der Waals surface area contributed by atoms with Crippen LogP contribution in [0.15, 0.2) is 6.07 Å². The van der Waals surface area contributed by atoms with E-state index in [2.05, 4.69) is 42.0 Å². The highest BCUT2D eigenvalue weighted by atomic mass is 32.1. The van der Waals surface area contributed by atoms with E-state index in [1.807, 2.05) is 0 Å². The Morgan fingerprint density at radius 1 is 1.38 bits per heavy atom. The minimum atomic E-state index is 0.765. The standard InChI is InChI=1S/C16H24N4S/c1-4-6-12-7-8-20(10-12)14-13-9-11(3)21-15(13)19-16(18-14)17-5-2/h9,12H,4-8,10H2,1-3H3,(H,17,18,19). The van der Waals surface area contributed by atoms with Crippen LogP contribution in [0.2, 0.25) is 0 Å². The van der Waals surface area contributed by atoms with Crippen molar-refractivity contribution in [2.45, 2.75) is 40.0 Å². The average molecular weight is 304 g/mol. The van der Waals surface area contributed by atoms with Crippen LogP contribution in [0.3, 0.4) is 0 Å². The van der Waals surface area contributed by atoms with Crippen LogP contribution >= 0.6 is 11.3 Å². The number of nitrogens with zero attached hydrogens (tertiary/aromatic N) is 3. The SMILES string of the molecule is CCCC1CCN(c2nc(NCC)nc3sc(C)cc23)C1. The summed E-state index contributed by atoms with van der Waals surface area (Å²) in [5.74, 6) is 2.71. The molecule has 2 aromatic heterocycles. The summed E-state index contributed by atoms with van der Waals surface area (Å²) in [6, 6.07) is 2.23. The monoisotopic (exact) mass is 304 g/mol. The number of fused-ring (bicyclic) bond motifs is 1. The number of rotatable bonds is 5. The lowest BCUT2D eigenvalue weighted by molar-refractivity contribution is 0.529. The van der Waals surface area contributed by atoms with E-state index in [0.29, 0.717) is 0 Å². The van der Waals surface area contributed by atoms with E-state index >= 15 is 0 Å². The van der Waals surface area contributed by atoms with Gasteiger partial charge in [0.25, 0.3) is 0 Å². The highest BCUT2D eigenvalue weighted by molar-refractivity contribution is 7.18. The minimum absolute atomic E-state index is 0.765. The first-order chi connectivity index (χ1) is 10.2. The minimum Gasteiger partial charge on any atom is -0.356 e. The van der Waals surface area contributed by atoms with Gasteiger partial charge in [-0.3, -0.25) is 0 Å². The van der Waals surface area contributed by atoms with E-state index < -0.39 is 0 Å². The number of aryl methyl sites for hydroxylation is 1. The van der Waals surface area contributed by atoms with Crippen molar-refractivity contribution in [2.75, 3.05) is 29.9 Å². The van der Waals surface area contributed by atoms with Gasteiger partial charge in [0.15, 0.2) is 0 Å².